The van der Waals surface area contributed by atoms with Gasteiger partial charge in [-0.3, -0.25) is 4.79 Å². The van der Waals surface area contributed by atoms with Gasteiger partial charge < -0.3 is 28.4 Å². The zero-order chi connectivity index (χ0) is 16.9. The second-order valence-corrected chi connectivity index (χ2v) is 5.87. The molecule has 0 N–H and O–H groups in total. The number of carbonyl (C=O) groups is 1. The van der Waals surface area contributed by atoms with Gasteiger partial charge >= 0.3 is 5.97 Å². The van der Waals surface area contributed by atoms with Gasteiger partial charge in [-0.2, -0.15) is 0 Å². The Kier molecular flexibility index (Phi) is 5.55. The number of carbonyl (C=O) groups excluding carboxylic acids is 1. The quantitative estimate of drug-likeness (QED) is 0.427. The smallest absolute Gasteiger partial charge is 0.302 e. The third-order valence-corrected chi connectivity index (χ3v) is 4.22. The lowest BCUT2D eigenvalue weighted by molar-refractivity contribution is -0.143. The molecule has 0 saturated carbocycles. The molecule has 2 aliphatic rings. The van der Waals surface area contributed by atoms with Gasteiger partial charge in [-0.15, -0.1) is 0 Å². The van der Waals surface area contributed by atoms with Crippen LogP contribution in [-0.2, 0) is 23.7 Å². The predicted molar refractivity (Wildman–Crippen MR) is 82.7 cm³/mol. The maximum atomic E-state index is 11.1. The molecule has 3 rings (SSSR count). The summed E-state index contributed by atoms with van der Waals surface area (Å²) in [6, 6.07) is 5.79. The lowest BCUT2D eigenvalue weighted by atomic mass is 9.88. The van der Waals surface area contributed by atoms with Crippen molar-refractivity contribution in [3.8, 4) is 11.5 Å². The molecule has 2 aliphatic heterocycles. The van der Waals surface area contributed by atoms with Gasteiger partial charge in [-0.1, -0.05) is 6.07 Å². The minimum absolute atomic E-state index is 0.0554. The third kappa shape index (κ3) is 3.80. The fourth-order valence-electron chi connectivity index (χ4n) is 3.04. The summed E-state index contributed by atoms with van der Waals surface area (Å²) in [6.45, 7) is 3.13. The van der Waals surface area contributed by atoms with Crippen LogP contribution in [0.15, 0.2) is 18.2 Å². The maximum Gasteiger partial charge on any atom is 0.302 e. The van der Waals surface area contributed by atoms with E-state index >= 15 is 0 Å². The Morgan fingerprint density at radius 2 is 2.08 bits per heavy atom. The summed E-state index contributed by atoms with van der Waals surface area (Å²) >= 11 is 0. The normalized spacial score (nSPS) is 25.0. The van der Waals surface area contributed by atoms with E-state index in [9.17, 15) is 4.79 Å². The predicted octanol–water partition coefficient (Wildman–Crippen LogP) is 1.90. The first-order chi connectivity index (χ1) is 11.7. The van der Waals surface area contributed by atoms with Crippen molar-refractivity contribution in [1.29, 1.82) is 0 Å². The van der Waals surface area contributed by atoms with E-state index in [0.717, 1.165) is 17.1 Å². The molecule has 0 bridgehead atoms. The third-order valence-electron chi connectivity index (χ3n) is 4.22. The Hall–Kier alpha value is -1.83. The van der Waals surface area contributed by atoms with Crippen molar-refractivity contribution in [1.82, 2.24) is 0 Å². The van der Waals surface area contributed by atoms with Crippen LogP contribution in [0, 0.1) is 11.8 Å². The molecule has 1 aromatic rings. The van der Waals surface area contributed by atoms with Gasteiger partial charge in [0.1, 0.15) is 6.79 Å². The topological polar surface area (TPSA) is 72.5 Å². The van der Waals surface area contributed by atoms with Crippen LogP contribution in [0.3, 0.4) is 0 Å². The molecule has 0 radical (unpaired) electrons. The zero-order valence-corrected chi connectivity index (χ0v) is 13.9. The van der Waals surface area contributed by atoms with Gasteiger partial charge in [0.05, 0.1) is 25.9 Å². The standard InChI is InChI=1S/C17H22O7/c1-11(18)21-6-13-7-22-17(14(13)8-20-9-19-2)12-3-4-15-16(5-12)24-10-23-15/h3-5,13-14,17H,6-10H2,1-2H3/t13-,14+,17-/m1/s1. The van der Waals surface area contributed by atoms with E-state index in [2.05, 4.69) is 0 Å². The van der Waals surface area contributed by atoms with E-state index in [1.807, 2.05) is 18.2 Å². The summed E-state index contributed by atoms with van der Waals surface area (Å²) in [7, 11) is 1.58. The molecule has 7 heteroatoms. The molecule has 0 unspecified atom stereocenters. The van der Waals surface area contributed by atoms with Crippen LogP contribution in [0.4, 0.5) is 0 Å². The molecule has 3 atom stereocenters. The second-order valence-electron chi connectivity index (χ2n) is 5.87. The highest BCUT2D eigenvalue weighted by Crippen LogP contribution is 2.42. The molecule has 0 amide bonds. The van der Waals surface area contributed by atoms with Crippen LogP contribution in [0.2, 0.25) is 0 Å². The fourth-order valence-corrected chi connectivity index (χ4v) is 3.04. The highest BCUT2D eigenvalue weighted by Gasteiger charge is 2.39. The molecule has 0 spiro atoms. The summed E-state index contributed by atoms with van der Waals surface area (Å²) in [5.41, 5.74) is 0.996. The number of esters is 1. The Morgan fingerprint density at radius 1 is 1.25 bits per heavy atom. The zero-order valence-electron chi connectivity index (χ0n) is 13.9. The average Bonchev–Trinajstić information content (AvgIpc) is 3.19. The van der Waals surface area contributed by atoms with Crippen molar-refractivity contribution >= 4 is 5.97 Å². The molecule has 2 heterocycles. The van der Waals surface area contributed by atoms with E-state index in [4.69, 9.17) is 28.4 Å². The van der Waals surface area contributed by atoms with Crippen LogP contribution in [0.25, 0.3) is 0 Å². The molecule has 0 aliphatic carbocycles. The maximum absolute atomic E-state index is 11.1. The molecule has 1 saturated heterocycles. The number of hydrogen-bond acceptors (Lipinski definition) is 7. The molecule has 1 fully saturated rings. The largest absolute Gasteiger partial charge is 0.465 e. The lowest BCUT2D eigenvalue weighted by Gasteiger charge is -2.23. The molecule has 0 aromatic heterocycles. The Balaban J connectivity index is 1.73. The van der Waals surface area contributed by atoms with E-state index in [0.29, 0.717) is 19.8 Å². The molecular formula is C17H22O7. The highest BCUT2D eigenvalue weighted by molar-refractivity contribution is 5.65. The number of benzene rings is 1. The second kappa shape index (κ2) is 7.83. The van der Waals surface area contributed by atoms with Crippen molar-refractivity contribution in [2.75, 3.05) is 40.5 Å². The van der Waals surface area contributed by atoms with Crippen molar-refractivity contribution < 1.29 is 33.2 Å². The van der Waals surface area contributed by atoms with Crippen LogP contribution < -0.4 is 9.47 Å². The first kappa shape index (κ1) is 17.0. The van der Waals surface area contributed by atoms with Crippen LogP contribution >= 0.6 is 0 Å². The number of rotatable bonds is 7. The molecule has 7 nitrogen and oxygen atoms in total. The van der Waals surface area contributed by atoms with Gasteiger partial charge in [-0.25, -0.2) is 0 Å². The van der Waals surface area contributed by atoms with Crippen molar-refractivity contribution in [2.24, 2.45) is 11.8 Å². The molecule has 1 aromatic carbocycles. The lowest BCUT2D eigenvalue weighted by Crippen LogP contribution is -2.25. The fraction of sp³-hybridized carbons (Fsp3) is 0.588. The highest BCUT2D eigenvalue weighted by atomic mass is 16.7. The number of ether oxygens (including phenoxy) is 6. The van der Waals surface area contributed by atoms with E-state index < -0.39 is 0 Å². The van der Waals surface area contributed by atoms with Gasteiger partial charge in [0, 0.05) is 25.9 Å². The Morgan fingerprint density at radius 3 is 2.88 bits per heavy atom. The van der Waals surface area contributed by atoms with Crippen molar-refractivity contribution in [3.63, 3.8) is 0 Å². The molecule has 24 heavy (non-hydrogen) atoms. The minimum Gasteiger partial charge on any atom is -0.465 e. The first-order valence-electron chi connectivity index (χ1n) is 7.90. The Bertz CT molecular complexity index is 574. The van der Waals surface area contributed by atoms with E-state index in [1.165, 1.54) is 6.92 Å². The monoisotopic (exact) mass is 338 g/mol. The van der Waals surface area contributed by atoms with Gasteiger partial charge in [0.15, 0.2) is 11.5 Å². The van der Waals surface area contributed by atoms with Crippen molar-refractivity contribution in [2.45, 2.75) is 13.0 Å². The summed E-state index contributed by atoms with van der Waals surface area (Å²) in [5, 5.41) is 0. The summed E-state index contributed by atoms with van der Waals surface area (Å²) in [4.78, 5) is 11.1. The van der Waals surface area contributed by atoms with Gasteiger partial charge in [0.25, 0.3) is 0 Å². The number of methoxy groups -OCH3 is 1. The summed E-state index contributed by atoms with van der Waals surface area (Å²) < 4.78 is 32.4. The SMILES string of the molecule is COCOC[C@H]1[C@H](COC(C)=O)CO[C@@H]1c1ccc2c(c1)OCO2. The van der Waals surface area contributed by atoms with Crippen molar-refractivity contribution in [3.05, 3.63) is 23.8 Å². The number of hydrogen-bond donors (Lipinski definition) is 0. The minimum atomic E-state index is -0.293. The average molecular weight is 338 g/mol. The first-order valence-corrected chi connectivity index (χ1v) is 7.90. The summed E-state index contributed by atoms with van der Waals surface area (Å²) in [6.07, 6.45) is -0.156. The number of fused-ring (bicyclic) bond motifs is 1. The van der Waals surface area contributed by atoms with Crippen LogP contribution in [0.5, 0.6) is 11.5 Å². The summed E-state index contributed by atoms with van der Waals surface area (Å²) in [5.74, 6) is 1.29. The molecular weight excluding hydrogens is 316 g/mol. The van der Waals surface area contributed by atoms with Gasteiger partial charge in [0.2, 0.25) is 6.79 Å². The van der Waals surface area contributed by atoms with Crippen LogP contribution in [0.1, 0.15) is 18.6 Å². The van der Waals surface area contributed by atoms with E-state index in [1.54, 1.807) is 7.11 Å². The van der Waals surface area contributed by atoms with Gasteiger partial charge in [-0.05, 0) is 17.7 Å². The van der Waals surface area contributed by atoms with E-state index in [-0.39, 0.29) is 37.5 Å². The molecule has 132 valence electrons. The van der Waals surface area contributed by atoms with Crippen LogP contribution in [-0.4, -0.2) is 46.5 Å². The Labute approximate surface area is 140 Å².